The first-order valence-electron chi connectivity index (χ1n) is 9.74. The molecule has 1 amide bonds. The van der Waals surface area contributed by atoms with Gasteiger partial charge in [-0.05, 0) is 45.4 Å². The van der Waals surface area contributed by atoms with Gasteiger partial charge in [0.1, 0.15) is 11.1 Å². The molecule has 2 aromatic heterocycles. The van der Waals surface area contributed by atoms with Crippen LogP contribution < -0.4 is 5.56 Å². The predicted octanol–water partition coefficient (Wildman–Crippen LogP) is 4.19. The number of rotatable bonds is 2. The molecule has 1 aliphatic rings. The van der Waals surface area contributed by atoms with Gasteiger partial charge in [-0.15, -0.1) is 0 Å². The van der Waals surface area contributed by atoms with E-state index in [0.29, 0.717) is 18.7 Å². The first-order chi connectivity index (χ1) is 14.5. The monoisotopic (exact) mass is 434 g/mol. The fourth-order valence-electron chi connectivity index (χ4n) is 3.55. The van der Waals surface area contributed by atoms with Crippen molar-refractivity contribution in [2.45, 2.75) is 45.0 Å². The van der Waals surface area contributed by atoms with Gasteiger partial charge in [0.2, 0.25) is 0 Å². The van der Waals surface area contributed by atoms with Crippen LogP contribution in [-0.2, 0) is 10.9 Å². The summed E-state index contributed by atoms with van der Waals surface area (Å²) in [5.74, 6) is 0.171. The Hall–Kier alpha value is -3.30. The summed E-state index contributed by atoms with van der Waals surface area (Å²) < 4.78 is 47.9. The van der Waals surface area contributed by atoms with Crippen LogP contribution in [0.25, 0.3) is 11.2 Å². The van der Waals surface area contributed by atoms with Crippen molar-refractivity contribution in [1.82, 2.24) is 19.1 Å². The van der Waals surface area contributed by atoms with Crippen molar-refractivity contribution >= 4 is 11.6 Å². The van der Waals surface area contributed by atoms with Crippen molar-refractivity contribution in [3.05, 3.63) is 64.3 Å². The first-order valence-corrected chi connectivity index (χ1v) is 9.74. The van der Waals surface area contributed by atoms with E-state index in [0.717, 1.165) is 21.3 Å². The molecule has 3 aromatic rings. The standard InChI is InChI=1S/C21H21F3N4O3/c1-20(2,3)31-19(30)26-11-10-15(26)17-25-27-12-9-14(21(22,23)24)16(27)18(29)28(17)13-7-5-4-6-8-13/h4-9,12,15H,10-11H2,1-3H3/t15-/m0/s1. The molecule has 0 unspecified atom stereocenters. The van der Waals surface area contributed by atoms with Gasteiger partial charge >= 0.3 is 12.3 Å². The fourth-order valence-corrected chi connectivity index (χ4v) is 3.55. The average Bonchev–Trinajstić information content (AvgIpc) is 3.05. The lowest BCUT2D eigenvalue weighted by atomic mass is 10.0. The molecule has 7 nitrogen and oxygen atoms in total. The summed E-state index contributed by atoms with van der Waals surface area (Å²) >= 11 is 0. The van der Waals surface area contributed by atoms with Crippen molar-refractivity contribution in [3.8, 4) is 5.69 Å². The molecule has 0 bridgehead atoms. The lowest BCUT2D eigenvalue weighted by Gasteiger charge is -2.41. The van der Waals surface area contributed by atoms with Gasteiger partial charge < -0.3 is 4.74 Å². The summed E-state index contributed by atoms with van der Waals surface area (Å²) in [6, 6.07) is 8.51. The van der Waals surface area contributed by atoms with Crippen LogP contribution in [0.2, 0.25) is 0 Å². The van der Waals surface area contributed by atoms with Gasteiger partial charge in [-0.2, -0.15) is 18.3 Å². The maximum atomic E-state index is 13.5. The van der Waals surface area contributed by atoms with Gasteiger partial charge in [-0.1, -0.05) is 18.2 Å². The number of aromatic nitrogens is 3. The van der Waals surface area contributed by atoms with Crippen LogP contribution >= 0.6 is 0 Å². The zero-order chi connectivity index (χ0) is 22.6. The third-order valence-electron chi connectivity index (χ3n) is 4.98. The van der Waals surface area contributed by atoms with E-state index in [1.165, 1.54) is 4.90 Å². The largest absolute Gasteiger partial charge is 0.444 e. The Morgan fingerprint density at radius 2 is 1.81 bits per heavy atom. The molecule has 0 radical (unpaired) electrons. The van der Waals surface area contributed by atoms with E-state index < -0.39 is 40.6 Å². The summed E-state index contributed by atoms with van der Waals surface area (Å²) in [6.07, 6.45) is -3.67. The molecule has 1 aromatic carbocycles. The van der Waals surface area contributed by atoms with Crippen LogP contribution in [0.3, 0.4) is 0 Å². The van der Waals surface area contributed by atoms with E-state index in [4.69, 9.17) is 4.74 Å². The minimum absolute atomic E-state index is 0.171. The number of carbonyl (C=O) groups excluding carboxylic acids is 1. The molecule has 1 saturated heterocycles. The molecule has 10 heteroatoms. The van der Waals surface area contributed by atoms with Crippen molar-refractivity contribution in [3.63, 3.8) is 0 Å². The number of likely N-dealkylation sites (tertiary alicyclic amines) is 1. The third-order valence-corrected chi connectivity index (χ3v) is 4.98. The average molecular weight is 434 g/mol. The Labute approximate surface area is 175 Å². The van der Waals surface area contributed by atoms with Crippen LogP contribution in [-0.4, -0.2) is 37.3 Å². The second kappa shape index (κ2) is 7.14. The minimum atomic E-state index is -4.70. The van der Waals surface area contributed by atoms with Crippen LogP contribution in [0, 0.1) is 0 Å². The summed E-state index contributed by atoms with van der Waals surface area (Å²) in [4.78, 5) is 27.3. The summed E-state index contributed by atoms with van der Waals surface area (Å²) in [5, 5.41) is 4.33. The number of halogens is 3. The molecule has 1 atom stereocenters. The Kier molecular flexibility index (Phi) is 4.83. The molecule has 0 saturated carbocycles. The topological polar surface area (TPSA) is 68.8 Å². The van der Waals surface area contributed by atoms with Crippen molar-refractivity contribution in [2.24, 2.45) is 0 Å². The molecule has 0 spiro atoms. The summed E-state index contributed by atoms with van der Waals surface area (Å²) in [6.45, 7) is 5.61. The minimum Gasteiger partial charge on any atom is -0.444 e. The van der Waals surface area contributed by atoms with E-state index >= 15 is 0 Å². The number of ether oxygens (including phenoxy) is 1. The van der Waals surface area contributed by atoms with Crippen LogP contribution in [0.1, 0.15) is 44.6 Å². The number of carbonyl (C=O) groups is 1. The summed E-state index contributed by atoms with van der Waals surface area (Å²) in [7, 11) is 0. The molecule has 4 rings (SSSR count). The highest BCUT2D eigenvalue weighted by Gasteiger charge is 2.41. The van der Waals surface area contributed by atoms with E-state index in [9.17, 15) is 22.8 Å². The van der Waals surface area contributed by atoms with Gasteiger partial charge in [0.25, 0.3) is 5.56 Å². The molecule has 31 heavy (non-hydrogen) atoms. The van der Waals surface area contributed by atoms with E-state index in [1.807, 2.05) is 0 Å². The molecule has 1 fully saturated rings. The molecular weight excluding hydrogens is 413 g/mol. The van der Waals surface area contributed by atoms with E-state index in [2.05, 4.69) is 5.10 Å². The smallest absolute Gasteiger partial charge is 0.418 e. The van der Waals surface area contributed by atoms with E-state index in [1.54, 1.807) is 51.1 Å². The van der Waals surface area contributed by atoms with Crippen LogP contribution in [0.4, 0.5) is 18.0 Å². The Morgan fingerprint density at radius 1 is 1.13 bits per heavy atom. The fraction of sp³-hybridized carbons (Fsp3) is 0.381. The predicted molar refractivity (Wildman–Crippen MR) is 106 cm³/mol. The molecular formula is C21H21F3N4O3. The molecule has 0 aliphatic carbocycles. The maximum Gasteiger partial charge on any atom is 0.418 e. The number of nitrogens with zero attached hydrogens (tertiary/aromatic N) is 4. The number of alkyl halides is 3. The second-order valence-corrected chi connectivity index (χ2v) is 8.33. The highest BCUT2D eigenvalue weighted by molar-refractivity contribution is 5.70. The molecule has 0 N–H and O–H groups in total. The first kappa shape index (κ1) is 21.0. The Balaban J connectivity index is 1.90. The highest BCUT2D eigenvalue weighted by Crippen LogP contribution is 2.36. The highest BCUT2D eigenvalue weighted by atomic mass is 19.4. The molecule has 3 heterocycles. The zero-order valence-electron chi connectivity index (χ0n) is 17.2. The number of para-hydroxylation sites is 1. The lowest BCUT2D eigenvalue weighted by molar-refractivity contribution is -0.136. The Morgan fingerprint density at radius 3 is 2.35 bits per heavy atom. The van der Waals surface area contributed by atoms with Gasteiger partial charge in [-0.3, -0.25) is 14.3 Å². The molecule has 1 aliphatic heterocycles. The Bertz CT molecular complexity index is 1190. The molecule has 164 valence electrons. The number of benzene rings is 1. The number of hydrogen-bond donors (Lipinski definition) is 0. The zero-order valence-corrected chi connectivity index (χ0v) is 17.2. The van der Waals surface area contributed by atoms with Crippen molar-refractivity contribution in [1.29, 1.82) is 0 Å². The lowest BCUT2D eigenvalue weighted by Crippen LogP contribution is -2.49. The van der Waals surface area contributed by atoms with Crippen molar-refractivity contribution in [2.75, 3.05) is 6.54 Å². The van der Waals surface area contributed by atoms with Crippen molar-refractivity contribution < 1.29 is 22.7 Å². The van der Waals surface area contributed by atoms with Crippen LogP contribution in [0.5, 0.6) is 0 Å². The van der Waals surface area contributed by atoms with Gasteiger partial charge in [0.15, 0.2) is 5.82 Å². The third kappa shape index (κ3) is 3.77. The second-order valence-electron chi connectivity index (χ2n) is 8.33. The SMILES string of the molecule is CC(C)(C)OC(=O)N1CC[C@H]1c1nn2ccc(C(F)(F)F)c2c(=O)n1-c1ccccc1. The normalized spacial score (nSPS) is 17.0. The van der Waals surface area contributed by atoms with E-state index in [-0.39, 0.29) is 5.82 Å². The van der Waals surface area contributed by atoms with Gasteiger partial charge in [-0.25, -0.2) is 9.31 Å². The van der Waals surface area contributed by atoms with Gasteiger partial charge in [0.05, 0.1) is 17.3 Å². The van der Waals surface area contributed by atoms with Crippen LogP contribution in [0.15, 0.2) is 47.4 Å². The number of fused-ring (bicyclic) bond motifs is 1. The number of amides is 1. The maximum absolute atomic E-state index is 13.5. The summed E-state index contributed by atoms with van der Waals surface area (Å²) in [5.41, 5.74) is -2.83. The van der Waals surface area contributed by atoms with Gasteiger partial charge in [0, 0.05) is 12.7 Å². The number of hydrogen-bond acceptors (Lipinski definition) is 4. The quantitative estimate of drug-likeness (QED) is 0.607.